The van der Waals surface area contributed by atoms with Crippen molar-refractivity contribution in [3.8, 4) is 5.69 Å². The second kappa shape index (κ2) is 11.1. The Morgan fingerprint density at radius 1 is 1.00 bits per heavy atom. The highest BCUT2D eigenvalue weighted by Gasteiger charge is 2.30. The van der Waals surface area contributed by atoms with E-state index in [1.807, 2.05) is 58.9 Å². The number of urea groups is 1. The molecule has 0 unspecified atom stereocenters. The highest BCUT2D eigenvalue weighted by Crippen LogP contribution is 2.31. The summed E-state index contributed by atoms with van der Waals surface area (Å²) >= 11 is 0. The second-order valence-electron chi connectivity index (χ2n) is 9.89. The highest BCUT2D eigenvalue weighted by molar-refractivity contribution is 5.96. The molecule has 10 heteroatoms. The fourth-order valence-electron chi connectivity index (χ4n) is 3.57. The van der Waals surface area contributed by atoms with Gasteiger partial charge in [0.1, 0.15) is 12.4 Å². The summed E-state index contributed by atoms with van der Waals surface area (Å²) in [6, 6.07) is 13.2. The first-order chi connectivity index (χ1) is 17.3. The first kappa shape index (κ1) is 27.8. The predicted octanol–water partition coefficient (Wildman–Crippen LogP) is 6.38. The van der Waals surface area contributed by atoms with E-state index in [0.29, 0.717) is 12.2 Å². The van der Waals surface area contributed by atoms with Gasteiger partial charge in [-0.15, -0.1) is 0 Å². The van der Waals surface area contributed by atoms with Crippen LogP contribution in [-0.2, 0) is 16.4 Å². The Bertz CT molecular complexity index is 1240. The number of benzene rings is 2. The van der Waals surface area contributed by atoms with E-state index in [1.54, 1.807) is 10.7 Å². The van der Waals surface area contributed by atoms with Crippen molar-refractivity contribution in [2.45, 2.75) is 52.6 Å². The summed E-state index contributed by atoms with van der Waals surface area (Å²) in [6.45, 7) is 9.81. The zero-order valence-corrected chi connectivity index (χ0v) is 21.6. The Morgan fingerprint density at radius 2 is 1.68 bits per heavy atom. The van der Waals surface area contributed by atoms with Crippen molar-refractivity contribution in [1.29, 1.82) is 0 Å². The third kappa shape index (κ3) is 7.34. The monoisotopic (exact) mass is 515 g/mol. The van der Waals surface area contributed by atoms with Gasteiger partial charge >= 0.3 is 12.2 Å². The third-order valence-corrected chi connectivity index (χ3v) is 5.58. The molecule has 0 aliphatic carbocycles. The lowest BCUT2D eigenvalue weighted by atomic mass is 9.92. The maximum atomic E-state index is 13.0. The van der Waals surface area contributed by atoms with Crippen molar-refractivity contribution < 1.29 is 22.8 Å². The van der Waals surface area contributed by atoms with Crippen LogP contribution in [0.3, 0.4) is 0 Å². The number of nitrogens with zero attached hydrogens (tertiary/aromatic N) is 3. The van der Waals surface area contributed by atoms with E-state index >= 15 is 0 Å². The van der Waals surface area contributed by atoms with Crippen LogP contribution in [0, 0.1) is 6.92 Å². The van der Waals surface area contributed by atoms with Gasteiger partial charge in [-0.25, -0.2) is 9.48 Å². The number of hydrogen-bond donors (Lipinski definition) is 2. The number of hydrogen-bond acceptors (Lipinski definition) is 3. The molecule has 0 bridgehead atoms. The lowest BCUT2D eigenvalue weighted by Gasteiger charge is -2.22. The highest BCUT2D eigenvalue weighted by atomic mass is 19.4. The fourth-order valence-corrected chi connectivity index (χ4v) is 3.57. The molecule has 0 aliphatic heterocycles. The smallest absolute Gasteiger partial charge is 0.315 e. The van der Waals surface area contributed by atoms with E-state index in [0.717, 1.165) is 29.1 Å². The van der Waals surface area contributed by atoms with Gasteiger partial charge in [-0.05, 0) is 43.7 Å². The number of carbonyl (C=O) groups is 2. The van der Waals surface area contributed by atoms with E-state index < -0.39 is 23.7 Å². The Labute approximate surface area is 214 Å². The summed E-state index contributed by atoms with van der Waals surface area (Å²) in [5.41, 5.74) is 1.48. The Kier molecular flexibility index (Phi) is 8.30. The molecule has 198 valence electrons. The van der Waals surface area contributed by atoms with Gasteiger partial charge in [0, 0.05) is 23.7 Å². The van der Waals surface area contributed by atoms with Crippen molar-refractivity contribution in [2.24, 2.45) is 0 Å². The predicted molar refractivity (Wildman–Crippen MR) is 138 cm³/mol. The Balaban J connectivity index is 1.79. The molecule has 1 heterocycles. The van der Waals surface area contributed by atoms with Crippen LogP contribution in [0.15, 0.2) is 54.6 Å². The van der Waals surface area contributed by atoms with E-state index in [2.05, 4.69) is 15.7 Å². The number of carbonyl (C=O) groups excluding carboxylic acids is 2. The minimum absolute atomic E-state index is 0.00592. The number of alkyl halides is 3. The van der Waals surface area contributed by atoms with Crippen LogP contribution in [0.5, 0.6) is 0 Å². The molecule has 2 aromatic carbocycles. The number of anilines is 2. The molecule has 0 atom stereocenters. The van der Waals surface area contributed by atoms with Crippen LogP contribution in [0.1, 0.15) is 50.9 Å². The van der Waals surface area contributed by atoms with Crippen molar-refractivity contribution in [3.63, 3.8) is 0 Å². The topological polar surface area (TPSA) is 79.3 Å². The molecule has 0 fully saturated rings. The van der Waals surface area contributed by atoms with E-state index in [9.17, 15) is 22.8 Å². The average molecular weight is 516 g/mol. The molecule has 0 saturated carbocycles. The summed E-state index contributed by atoms with van der Waals surface area (Å²) in [5, 5.41) is 9.99. The van der Waals surface area contributed by atoms with Crippen molar-refractivity contribution in [3.05, 3.63) is 71.4 Å². The number of nitrogens with one attached hydrogen (secondary N) is 2. The quantitative estimate of drug-likeness (QED) is 0.383. The first-order valence-electron chi connectivity index (χ1n) is 12.0. The van der Waals surface area contributed by atoms with Gasteiger partial charge in [0.05, 0.1) is 16.9 Å². The number of halogens is 3. The molecule has 0 radical (unpaired) electrons. The van der Waals surface area contributed by atoms with Crippen LogP contribution in [0.25, 0.3) is 5.69 Å². The van der Waals surface area contributed by atoms with Crippen molar-refractivity contribution in [1.82, 2.24) is 14.7 Å². The largest absolute Gasteiger partial charge is 0.416 e. The van der Waals surface area contributed by atoms with Crippen LogP contribution in [-0.4, -0.2) is 39.7 Å². The Hall–Kier alpha value is -3.82. The first-order valence-corrected chi connectivity index (χ1v) is 12.0. The lowest BCUT2D eigenvalue weighted by molar-refractivity contribution is -0.137. The van der Waals surface area contributed by atoms with Crippen molar-refractivity contribution >= 4 is 23.4 Å². The molecule has 3 amide bonds. The number of aryl methyl sites for hydroxylation is 1. The average Bonchev–Trinajstić information content (AvgIpc) is 3.23. The summed E-state index contributed by atoms with van der Waals surface area (Å²) in [7, 11) is 0. The number of rotatable bonds is 7. The van der Waals surface area contributed by atoms with Crippen LogP contribution < -0.4 is 10.6 Å². The standard InChI is InChI=1S/C27H32F3N5O2/c1-6-14-34(25(37)31-20-9-7-8-19(15-20)27(28,29)30)17-24(36)32-23-16-22(26(3,4)5)33-35(23)21-12-10-18(2)11-13-21/h7-13,15-16H,6,14,17H2,1-5H3,(H,31,37)(H,32,36). The molecule has 0 aliphatic rings. The summed E-state index contributed by atoms with van der Waals surface area (Å²) in [6.07, 6.45) is -3.98. The third-order valence-electron chi connectivity index (χ3n) is 5.58. The Morgan fingerprint density at radius 3 is 2.27 bits per heavy atom. The molecule has 0 spiro atoms. The van der Waals surface area contributed by atoms with Crippen LogP contribution in [0.2, 0.25) is 0 Å². The van der Waals surface area contributed by atoms with Gasteiger partial charge in [0.2, 0.25) is 5.91 Å². The van der Waals surface area contributed by atoms with Crippen LogP contribution >= 0.6 is 0 Å². The summed E-state index contributed by atoms with van der Waals surface area (Å²) < 4.78 is 40.7. The van der Waals surface area contributed by atoms with Gasteiger partial charge in [-0.1, -0.05) is 51.5 Å². The molecule has 2 N–H and O–H groups in total. The van der Waals surface area contributed by atoms with Gasteiger partial charge in [0.15, 0.2) is 0 Å². The number of amides is 3. The molecule has 7 nitrogen and oxygen atoms in total. The second-order valence-corrected chi connectivity index (χ2v) is 9.89. The maximum Gasteiger partial charge on any atom is 0.416 e. The van der Waals surface area contributed by atoms with Crippen LogP contribution in [0.4, 0.5) is 29.5 Å². The van der Waals surface area contributed by atoms with E-state index in [4.69, 9.17) is 0 Å². The molecule has 3 rings (SSSR count). The molecule has 1 aromatic heterocycles. The zero-order chi connectivity index (χ0) is 27.4. The van der Waals surface area contributed by atoms with E-state index in [1.165, 1.54) is 17.0 Å². The molecule has 37 heavy (non-hydrogen) atoms. The SMILES string of the molecule is CCCN(CC(=O)Nc1cc(C(C)(C)C)nn1-c1ccc(C)cc1)C(=O)Nc1cccc(C(F)(F)F)c1. The zero-order valence-electron chi connectivity index (χ0n) is 21.6. The van der Waals surface area contributed by atoms with Gasteiger partial charge in [-0.3, -0.25) is 4.79 Å². The van der Waals surface area contributed by atoms with Gasteiger partial charge in [0.25, 0.3) is 0 Å². The number of aromatic nitrogens is 2. The molecule has 0 saturated heterocycles. The van der Waals surface area contributed by atoms with Crippen molar-refractivity contribution in [2.75, 3.05) is 23.7 Å². The minimum atomic E-state index is -4.53. The molecular formula is C27H32F3N5O2. The summed E-state index contributed by atoms with van der Waals surface area (Å²) in [4.78, 5) is 27.1. The summed E-state index contributed by atoms with van der Waals surface area (Å²) in [5.74, 6) is -0.00474. The normalized spacial score (nSPS) is 11.8. The lowest BCUT2D eigenvalue weighted by Crippen LogP contribution is -2.41. The fraction of sp³-hybridized carbons (Fsp3) is 0.370. The van der Waals surface area contributed by atoms with Gasteiger partial charge in [-0.2, -0.15) is 18.3 Å². The maximum absolute atomic E-state index is 13.0. The van der Waals surface area contributed by atoms with Gasteiger partial charge < -0.3 is 15.5 Å². The minimum Gasteiger partial charge on any atom is -0.315 e. The molecular weight excluding hydrogens is 483 g/mol. The molecule has 3 aromatic rings. The van der Waals surface area contributed by atoms with E-state index in [-0.39, 0.29) is 24.2 Å².